The molecule has 0 aromatic heterocycles. The number of aromatic carboxylic acids is 1. The van der Waals surface area contributed by atoms with Gasteiger partial charge in [0.05, 0.1) is 23.3 Å². The Balaban J connectivity index is 3.56. The van der Waals surface area contributed by atoms with Crippen molar-refractivity contribution in [2.75, 3.05) is 12.5 Å². The predicted octanol–water partition coefficient (Wildman–Crippen LogP) is 0.365. The average Bonchev–Trinajstić information content (AvgIpc) is 2.35. The van der Waals surface area contributed by atoms with Crippen LogP contribution in [0.4, 0.5) is 11.4 Å². The van der Waals surface area contributed by atoms with Crippen LogP contribution in [-0.4, -0.2) is 29.1 Å². The number of esters is 1. The Kier molecular flexibility index (Phi) is 3.79. The highest BCUT2D eigenvalue weighted by molar-refractivity contribution is 6.01. The maximum absolute atomic E-state index is 11.4. The van der Waals surface area contributed by atoms with Gasteiger partial charge in [0, 0.05) is 6.07 Å². The summed E-state index contributed by atoms with van der Waals surface area (Å²) in [4.78, 5) is 32.1. The SMILES string of the molecule is COC(=O)c1cc(C(=O)O)c([N+](=O)[O-])cc1NN. The normalized spacial score (nSPS) is 9.67. The van der Waals surface area contributed by atoms with E-state index in [9.17, 15) is 19.7 Å². The molecule has 0 atom stereocenters. The number of carbonyl (C=O) groups excluding carboxylic acids is 1. The highest BCUT2D eigenvalue weighted by atomic mass is 16.6. The number of anilines is 1. The molecule has 1 aromatic carbocycles. The van der Waals surface area contributed by atoms with Crippen molar-refractivity contribution >= 4 is 23.3 Å². The van der Waals surface area contributed by atoms with E-state index < -0.39 is 28.1 Å². The lowest BCUT2D eigenvalue weighted by molar-refractivity contribution is -0.385. The summed E-state index contributed by atoms with van der Waals surface area (Å²) in [5, 5.41) is 19.6. The van der Waals surface area contributed by atoms with Crippen LogP contribution in [0.2, 0.25) is 0 Å². The summed E-state index contributed by atoms with van der Waals surface area (Å²) < 4.78 is 4.42. The topological polar surface area (TPSA) is 145 Å². The number of nitro groups is 1. The molecular formula is C9H9N3O6. The van der Waals surface area contributed by atoms with Gasteiger partial charge < -0.3 is 15.3 Å². The summed E-state index contributed by atoms with van der Waals surface area (Å²) in [6.45, 7) is 0. The van der Waals surface area contributed by atoms with Crippen molar-refractivity contribution in [3.05, 3.63) is 33.4 Å². The highest BCUT2D eigenvalue weighted by Gasteiger charge is 2.25. The Morgan fingerprint density at radius 2 is 2.06 bits per heavy atom. The number of hydrazine groups is 1. The predicted molar refractivity (Wildman–Crippen MR) is 59.2 cm³/mol. The molecule has 0 unspecified atom stereocenters. The van der Waals surface area contributed by atoms with E-state index in [1.807, 2.05) is 0 Å². The Bertz CT molecular complexity index is 527. The Labute approximate surface area is 100 Å². The second kappa shape index (κ2) is 5.10. The zero-order chi connectivity index (χ0) is 13.9. The molecule has 9 heteroatoms. The third-order valence-corrected chi connectivity index (χ3v) is 2.12. The molecule has 0 amide bonds. The second-order valence-electron chi connectivity index (χ2n) is 3.11. The molecule has 0 saturated heterocycles. The second-order valence-corrected chi connectivity index (χ2v) is 3.11. The molecule has 0 fully saturated rings. The number of carboxylic acids is 1. The first-order valence-electron chi connectivity index (χ1n) is 4.53. The van der Waals surface area contributed by atoms with Gasteiger partial charge in [-0.3, -0.25) is 16.0 Å². The van der Waals surface area contributed by atoms with E-state index in [-0.39, 0.29) is 11.3 Å². The zero-order valence-electron chi connectivity index (χ0n) is 9.17. The van der Waals surface area contributed by atoms with Crippen LogP contribution >= 0.6 is 0 Å². The molecule has 1 rings (SSSR count). The van der Waals surface area contributed by atoms with Gasteiger partial charge >= 0.3 is 11.9 Å². The number of hydrogen-bond acceptors (Lipinski definition) is 7. The number of rotatable bonds is 4. The van der Waals surface area contributed by atoms with E-state index in [0.717, 1.165) is 19.2 Å². The van der Waals surface area contributed by atoms with Crippen LogP contribution in [0.1, 0.15) is 20.7 Å². The largest absolute Gasteiger partial charge is 0.477 e. The minimum absolute atomic E-state index is 0.0986. The number of nitrogens with one attached hydrogen (secondary N) is 1. The molecule has 0 spiro atoms. The molecule has 18 heavy (non-hydrogen) atoms. The quantitative estimate of drug-likeness (QED) is 0.302. The van der Waals surface area contributed by atoms with Gasteiger partial charge in [-0.25, -0.2) is 9.59 Å². The van der Waals surface area contributed by atoms with Crippen LogP contribution in [-0.2, 0) is 4.74 Å². The number of nitro benzene ring substituents is 1. The van der Waals surface area contributed by atoms with Gasteiger partial charge in [0.2, 0.25) is 0 Å². The van der Waals surface area contributed by atoms with E-state index in [2.05, 4.69) is 10.2 Å². The number of nitrogen functional groups attached to an aromatic ring is 1. The van der Waals surface area contributed by atoms with Gasteiger partial charge in [-0.15, -0.1) is 0 Å². The van der Waals surface area contributed by atoms with Crippen molar-refractivity contribution in [2.24, 2.45) is 5.84 Å². The molecule has 0 aliphatic heterocycles. The molecule has 0 aliphatic rings. The minimum atomic E-state index is -1.53. The molecule has 0 heterocycles. The van der Waals surface area contributed by atoms with Gasteiger partial charge in [0.1, 0.15) is 5.56 Å². The lowest BCUT2D eigenvalue weighted by Gasteiger charge is -2.08. The summed E-state index contributed by atoms with van der Waals surface area (Å²) in [5.74, 6) is 2.72. The number of carbonyl (C=O) groups is 2. The van der Waals surface area contributed by atoms with Crippen molar-refractivity contribution in [3.8, 4) is 0 Å². The van der Waals surface area contributed by atoms with Crippen LogP contribution in [0.15, 0.2) is 12.1 Å². The molecule has 0 saturated carbocycles. The third kappa shape index (κ3) is 2.35. The van der Waals surface area contributed by atoms with Crippen molar-refractivity contribution in [1.29, 1.82) is 0 Å². The van der Waals surface area contributed by atoms with E-state index >= 15 is 0 Å². The lowest BCUT2D eigenvalue weighted by Crippen LogP contribution is -2.15. The monoisotopic (exact) mass is 255 g/mol. The first kappa shape index (κ1) is 13.4. The van der Waals surface area contributed by atoms with Gasteiger partial charge in [0.25, 0.3) is 5.69 Å². The Hall–Kier alpha value is -2.68. The summed E-state index contributed by atoms with van der Waals surface area (Å²) in [7, 11) is 1.09. The number of benzene rings is 1. The van der Waals surface area contributed by atoms with Crippen molar-refractivity contribution < 1.29 is 24.4 Å². The van der Waals surface area contributed by atoms with Crippen molar-refractivity contribution in [1.82, 2.24) is 0 Å². The zero-order valence-corrected chi connectivity index (χ0v) is 9.17. The molecule has 0 aliphatic carbocycles. The molecule has 4 N–H and O–H groups in total. The maximum Gasteiger partial charge on any atom is 0.342 e. The van der Waals surface area contributed by atoms with E-state index in [4.69, 9.17) is 10.9 Å². The summed E-state index contributed by atoms with van der Waals surface area (Å²) in [6.07, 6.45) is 0. The van der Waals surface area contributed by atoms with Crippen LogP contribution in [0.25, 0.3) is 0 Å². The van der Waals surface area contributed by atoms with Gasteiger partial charge in [-0.05, 0) is 6.07 Å². The number of methoxy groups -OCH3 is 1. The van der Waals surface area contributed by atoms with Crippen LogP contribution in [0.3, 0.4) is 0 Å². The fourth-order valence-electron chi connectivity index (χ4n) is 1.31. The van der Waals surface area contributed by atoms with Gasteiger partial charge in [-0.2, -0.15) is 0 Å². The summed E-state index contributed by atoms with van der Waals surface area (Å²) in [6, 6.07) is 1.69. The Morgan fingerprint density at radius 3 is 2.44 bits per heavy atom. The molecule has 0 radical (unpaired) electrons. The molecule has 9 nitrogen and oxygen atoms in total. The van der Waals surface area contributed by atoms with E-state index in [1.54, 1.807) is 0 Å². The van der Waals surface area contributed by atoms with Crippen LogP contribution in [0.5, 0.6) is 0 Å². The van der Waals surface area contributed by atoms with Crippen LogP contribution in [0, 0.1) is 10.1 Å². The van der Waals surface area contributed by atoms with Crippen molar-refractivity contribution in [2.45, 2.75) is 0 Å². The first-order valence-corrected chi connectivity index (χ1v) is 4.53. The number of nitrogens with zero attached hydrogens (tertiary/aromatic N) is 1. The standard InChI is InChI=1S/C9H9N3O6/c1-18-9(15)4-2-5(8(13)14)7(12(16)17)3-6(4)11-10/h2-3,11H,10H2,1H3,(H,13,14). The first-order chi connectivity index (χ1) is 8.42. The van der Waals surface area contributed by atoms with E-state index in [0.29, 0.717) is 0 Å². The maximum atomic E-state index is 11.4. The number of carboxylic acid groups (broad SMARTS) is 1. The van der Waals surface area contributed by atoms with Gasteiger partial charge in [-0.1, -0.05) is 0 Å². The van der Waals surface area contributed by atoms with Crippen LogP contribution < -0.4 is 11.3 Å². The molecule has 1 aromatic rings. The smallest absolute Gasteiger partial charge is 0.342 e. The fraction of sp³-hybridized carbons (Fsp3) is 0.111. The fourth-order valence-corrected chi connectivity index (χ4v) is 1.31. The number of hydrogen-bond donors (Lipinski definition) is 3. The third-order valence-electron chi connectivity index (χ3n) is 2.12. The molecule has 96 valence electrons. The molecular weight excluding hydrogens is 246 g/mol. The molecule has 0 bridgehead atoms. The average molecular weight is 255 g/mol. The number of ether oxygens (including phenoxy) is 1. The lowest BCUT2D eigenvalue weighted by atomic mass is 10.1. The van der Waals surface area contributed by atoms with E-state index in [1.165, 1.54) is 0 Å². The summed E-state index contributed by atoms with van der Waals surface area (Å²) >= 11 is 0. The van der Waals surface area contributed by atoms with Gasteiger partial charge in [0.15, 0.2) is 0 Å². The van der Waals surface area contributed by atoms with Crippen molar-refractivity contribution in [3.63, 3.8) is 0 Å². The highest BCUT2D eigenvalue weighted by Crippen LogP contribution is 2.27. The number of nitrogens with two attached hydrogens (primary N) is 1. The summed E-state index contributed by atoms with van der Waals surface area (Å²) in [5.41, 5.74) is 0.467. The minimum Gasteiger partial charge on any atom is -0.477 e. The Morgan fingerprint density at radius 1 is 1.44 bits per heavy atom.